The molecule has 16 heavy (non-hydrogen) atoms. The highest BCUT2D eigenvalue weighted by atomic mass is 16.2. The molecule has 0 saturated carbocycles. The number of anilines is 2. The van der Waals surface area contributed by atoms with Crippen LogP contribution in [0.3, 0.4) is 0 Å². The molecule has 0 atom stereocenters. The highest BCUT2D eigenvalue weighted by Gasteiger charge is 2.14. The van der Waals surface area contributed by atoms with Crippen LogP contribution in [0.1, 0.15) is 19.3 Å². The molecule has 86 valence electrons. The number of primary amides is 1. The number of hydrogen-bond donors (Lipinski definition) is 2. The fraction of sp³-hybridized carbons (Fsp3) is 0.417. The van der Waals surface area contributed by atoms with Gasteiger partial charge in [0.15, 0.2) is 0 Å². The maximum absolute atomic E-state index is 10.9. The number of hydrogen-bond acceptors (Lipinski definition) is 2. The predicted molar refractivity (Wildman–Crippen MR) is 65.7 cm³/mol. The monoisotopic (exact) mass is 219 g/mol. The highest BCUT2D eigenvalue weighted by molar-refractivity contribution is 5.92. The van der Waals surface area contributed by atoms with Gasteiger partial charge in [-0.1, -0.05) is 12.1 Å². The van der Waals surface area contributed by atoms with E-state index in [0.717, 1.165) is 24.5 Å². The van der Waals surface area contributed by atoms with E-state index in [9.17, 15) is 4.79 Å². The number of rotatable bonds is 2. The van der Waals surface area contributed by atoms with E-state index in [0.29, 0.717) is 0 Å². The molecule has 0 spiro atoms. The number of urea groups is 1. The van der Waals surface area contributed by atoms with Crippen LogP contribution in [0.15, 0.2) is 24.3 Å². The smallest absolute Gasteiger partial charge is 0.316 e. The third-order valence-electron chi connectivity index (χ3n) is 2.86. The number of benzene rings is 1. The Labute approximate surface area is 95.4 Å². The lowest BCUT2D eigenvalue weighted by Gasteiger charge is -2.30. The van der Waals surface area contributed by atoms with Crippen LogP contribution >= 0.6 is 0 Å². The van der Waals surface area contributed by atoms with E-state index < -0.39 is 6.03 Å². The summed E-state index contributed by atoms with van der Waals surface area (Å²) in [7, 11) is 0. The lowest BCUT2D eigenvalue weighted by molar-refractivity contribution is 0.259. The molecule has 0 unspecified atom stereocenters. The molecule has 1 aromatic carbocycles. The van der Waals surface area contributed by atoms with Crippen molar-refractivity contribution in [1.29, 1.82) is 0 Å². The molecule has 0 aromatic heterocycles. The number of piperidine rings is 1. The van der Waals surface area contributed by atoms with E-state index in [2.05, 4.69) is 10.2 Å². The molecule has 0 radical (unpaired) electrons. The van der Waals surface area contributed by atoms with Gasteiger partial charge in [-0.25, -0.2) is 4.79 Å². The Balaban J connectivity index is 2.20. The molecular weight excluding hydrogens is 202 g/mol. The summed E-state index contributed by atoms with van der Waals surface area (Å²) in [6, 6.07) is 7.28. The van der Waals surface area contributed by atoms with E-state index >= 15 is 0 Å². The van der Waals surface area contributed by atoms with Crippen LogP contribution in [-0.2, 0) is 0 Å². The van der Waals surface area contributed by atoms with Crippen molar-refractivity contribution >= 4 is 17.4 Å². The normalized spacial score (nSPS) is 15.9. The van der Waals surface area contributed by atoms with Crippen LogP contribution < -0.4 is 16.0 Å². The molecule has 3 N–H and O–H groups in total. The molecule has 2 amide bonds. The number of carbonyl (C=O) groups excluding carboxylic acids is 1. The van der Waals surface area contributed by atoms with Crippen LogP contribution in [0.2, 0.25) is 0 Å². The van der Waals surface area contributed by atoms with Gasteiger partial charge in [-0.2, -0.15) is 0 Å². The zero-order valence-electron chi connectivity index (χ0n) is 9.28. The van der Waals surface area contributed by atoms with Gasteiger partial charge in [-0.05, 0) is 31.4 Å². The molecule has 1 aromatic rings. The first-order valence-electron chi connectivity index (χ1n) is 5.68. The molecule has 0 aliphatic carbocycles. The third kappa shape index (κ3) is 2.45. The fourth-order valence-corrected chi connectivity index (χ4v) is 2.12. The van der Waals surface area contributed by atoms with Gasteiger partial charge >= 0.3 is 6.03 Å². The number of nitrogens with two attached hydrogens (primary N) is 1. The molecule has 1 aliphatic heterocycles. The van der Waals surface area contributed by atoms with Crippen molar-refractivity contribution in [2.75, 3.05) is 23.3 Å². The Morgan fingerprint density at radius 3 is 2.56 bits per heavy atom. The minimum Gasteiger partial charge on any atom is -0.370 e. The van der Waals surface area contributed by atoms with Gasteiger partial charge in [0, 0.05) is 13.1 Å². The number of carbonyl (C=O) groups is 1. The summed E-state index contributed by atoms with van der Waals surface area (Å²) in [5.41, 5.74) is 7.03. The molecule has 2 rings (SSSR count). The first-order valence-corrected chi connectivity index (χ1v) is 5.68. The Morgan fingerprint density at radius 2 is 1.88 bits per heavy atom. The maximum atomic E-state index is 10.9. The average molecular weight is 219 g/mol. The molecular formula is C12H17N3O. The van der Waals surface area contributed by atoms with Gasteiger partial charge in [-0.15, -0.1) is 0 Å². The van der Waals surface area contributed by atoms with Crippen LogP contribution in [-0.4, -0.2) is 19.1 Å². The molecule has 1 heterocycles. The Hall–Kier alpha value is -1.71. The van der Waals surface area contributed by atoms with E-state index in [-0.39, 0.29) is 0 Å². The number of amides is 2. The first-order chi connectivity index (χ1) is 7.77. The Kier molecular flexibility index (Phi) is 3.29. The molecule has 4 heteroatoms. The summed E-state index contributed by atoms with van der Waals surface area (Å²) in [5.74, 6) is 0. The Bertz CT molecular complexity index is 372. The van der Waals surface area contributed by atoms with E-state index in [1.807, 2.05) is 24.3 Å². The topological polar surface area (TPSA) is 58.4 Å². The van der Waals surface area contributed by atoms with Crippen LogP contribution in [0.25, 0.3) is 0 Å². The van der Waals surface area contributed by atoms with Crippen LogP contribution in [0, 0.1) is 0 Å². The van der Waals surface area contributed by atoms with E-state index in [1.165, 1.54) is 19.3 Å². The SMILES string of the molecule is NC(=O)Nc1ccccc1N1CCCCC1. The van der Waals surface area contributed by atoms with Gasteiger partial charge in [0.2, 0.25) is 0 Å². The minimum atomic E-state index is -0.510. The third-order valence-corrected chi connectivity index (χ3v) is 2.86. The van der Waals surface area contributed by atoms with Crippen molar-refractivity contribution in [3.05, 3.63) is 24.3 Å². The lowest BCUT2D eigenvalue weighted by Crippen LogP contribution is -2.31. The molecule has 0 bridgehead atoms. The summed E-state index contributed by atoms with van der Waals surface area (Å²) in [4.78, 5) is 13.2. The summed E-state index contributed by atoms with van der Waals surface area (Å²) < 4.78 is 0. The first kappa shape index (κ1) is 10.8. The Morgan fingerprint density at radius 1 is 1.19 bits per heavy atom. The summed E-state index contributed by atoms with van der Waals surface area (Å²) in [5, 5.41) is 2.67. The van der Waals surface area contributed by atoms with Gasteiger partial charge in [-0.3, -0.25) is 0 Å². The highest BCUT2D eigenvalue weighted by Crippen LogP contribution is 2.27. The quantitative estimate of drug-likeness (QED) is 0.800. The van der Waals surface area contributed by atoms with Gasteiger partial charge < -0.3 is 16.0 Å². The summed E-state index contributed by atoms with van der Waals surface area (Å²) >= 11 is 0. The van der Waals surface area contributed by atoms with Crippen LogP contribution in [0.5, 0.6) is 0 Å². The van der Waals surface area contributed by atoms with Gasteiger partial charge in [0.05, 0.1) is 11.4 Å². The fourth-order valence-electron chi connectivity index (χ4n) is 2.12. The van der Waals surface area contributed by atoms with Gasteiger partial charge in [0.25, 0.3) is 0 Å². The van der Waals surface area contributed by atoms with Crippen molar-refractivity contribution in [3.8, 4) is 0 Å². The maximum Gasteiger partial charge on any atom is 0.316 e. The standard InChI is InChI=1S/C12H17N3O/c13-12(16)14-10-6-2-3-7-11(10)15-8-4-1-5-9-15/h2-3,6-7H,1,4-5,8-9H2,(H3,13,14,16). The minimum absolute atomic E-state index is 0.510. The summed E-state index contributed by atoms with van der Waals surface area (Å²) in [6.45, 7) is 2.11. The largest absolute Gasteiger partial charge is 0.370 e. The summed E-state index contributed by atoms with van der Waals surface area (Å²) in [6.07, 6.45) is 3.72. The van der Waals surface area contributed by atoms with Crippen LogP contribution in [0.4, 0.5) is 16.2 Å². The number of nitrogens with zero attached hydrogens (tertiary/aromatic N) is 1. The van der Waals surface area contributed by atoms with Crippen molar-refractivity contribution in [2.24, 2.45) is 5.73 Å². The number of para-hydroxylation sites is 2. The van der Waals surface area contributed by atoms with E-state index in [4.69, 9.17) is 5.73 Å². The molecule has 1 aliphatic rings. The second-order valence-electron chi connectivity index (χ2n) is 4.05. The second-order valence-corrected chi connectivity index (χ2v) is 4.05. The van der Waals surface area contributed by atoms with Crippen molar-refractivity contribution in [3.63, 3.8) is 0 Å². The van der Waals surface area contributed by atoms with Crippen molar-refractivity contribution in [1.82, 2.24) is 0 Å². The zero-order valence-corrected chi connectivity index (χ0v) is 9.28. The second kappa shape index (κ2) is 4.88. The van der Waals surface area contributed by atoms with Crippen molar-refractivity contribution in [2.45, 2.75) is 19.3 Å². The van der Waals surface area contributed by atoms with E-state index in [1.54, 1.807) is 0 Å². The molecule has 4 nitrogen and oxygen atoms in total. The number of nitrogens with one attached hydrogen (secondary N) is 1. The van der Waals surface area contributed by atoms with Gasteiger partial charge in [0.1, 0.15) is 0 Å². The molecule has 1 fully saturated rings. The van der Waals surface area contributed by atoms with Crippen molar-refractivity contribution < 1.29 is 4.79 Å². The predicted octanol–water partition coefficient (Wildman–Crippen LogP) is 2.17. The lowest BCUT2D eigenvalue weighted by atomic mass is 10.1. The zero-order chi connectivity index (χ0) is 11.4. The molecule has 1 saturated heterocycles. The average Bonchev–Trinajstić information content (AvgIpc) is 2.30.